The summed E-state index contributed by atoms with van der Waals surface area (Å²) in [6.45, 7) is 4.43. The number of allylic oxidation sites excluding steroid dienone is 1. The number of ether oxygens (including phenoxy) is 1. The fourth-order valence-electron chi connectivity index (χ4n) is 4.40. The monoisotopic (exact) mass is 468 g/mol. The summed E-state index contributed by atoms with van der Waals surface area (Å²) >= 11 is 0. The summed E-state index contributed by atoms with van der Waals surface area (Å²) in [6, 6.07) is 19.9. The van der Waals surface area contributed by atoms with Crippen molar-refractivity contribution in [2.24, 2.45) is 0 Å². The van der Waals surface area contributed by atoms with E-state index in [0.717, 1.165) is 16.8 Å². The SMILES string of the molecule is C/C=C/c1cccc(-c2nn(-c3cc(N4CCOCC4)ccc3[N+](=O)[O-])c(=O)c3ccccc23)c1. The first-order valence-electron chi connectivity index (χ1n) is 11.4. The van der Waals surface area contributed by atoms with E-state index in [1.165, 1.54) is 10.7 Å². The molecule has 1 aliphatic rings. The van der Waals surface area contributed by atoms with Gasteiger partial charge in [-0.1, -0.05) is 48.6 Å². The van der Waals surface area contributed by atoms with Crippen LogP contribution in [0.1, 0.15) is 12.5 Å². The summed E-state index contributed by atoms with van der Waals surface area (Å²) in [4.78, 5) is 27.1. The second-order valence-electron chi connectivity index (χ2n) is 8.27. The van der Waals surface area contributed by atoms with E-state index in [0.29, 0.717) is 42.8 Å². The van der Waals surface area contributed by atoms with Crippen LogP contribution in [0.25, 0.3) is 33.8 Å². The number of benzene rings is 3. The van der Waals surface area contributed by atoms with Crippen molar-refractivity contribution >= 4 is 28.2 Å². The highest BCUT2D eigenvalue weighted by Gasteiger charge is 2.23. The smallest absolute Gasteiger partial charge is 0.295 e. The minimum Gasteiger partial charge on any atom is -0.378 e. The summed E-state index contributed by atoms with van der Waals surface area (Å²) in [7, 11) is 0. The molecule has 4 aromatic rings. The number of morpholine rings is 1. The van der Waals surface area contributed by atoms with Gasteiger partial charge in [-0.15, -0.1) is 0 Å². The third-order valence-corrected chi connectivity index (χ3v) is 6.08. The second kappa shape index (κ2) is 9.52. The third-order valence-electron chi connectivity index (χ3n) is 6.08. The van der Waals surface area contributed by atoms with Crippen LogP contribution in [-0.2, 0) is 4.74 Å². The molecule has 0 amide bonds. The fraction of sp³-hybridized carbons (Fsp3) is 0.185. The zero-order valence-electron chi connectivity index (χ0n) is 19.3. The number of fused-ring (bicyclic) bond motifs is 1. The van der Waals surface area contributed by atoms with Crippen LogP contribution in [-0.4, -0.2) is 41.0 Å². The maximum atomic E-state index is 13.6. The highest BCUT2D eigenvalue weighted by atomic mass is 16.6. The van der Waals surface area contributed by atoms with Gasteiger partial charge in [0.05, 0.1) is 29.2 Å². The number of nitrogens with zero attached hydrogens (tertiary/aromatic N) is 4. The average Bonchev–Trinajstić information content (AvgIpc) is 2.89. The number of anilines is 1. The summed E-state index contributed by atoms with van der Waals surface area (Å²) < 4.78 is 6.60. The molecule has 0 atom stereocenters. The fourth-order valence-corrected chi connectivity index (χ4v) is 4.40. The molecule has 5 rings (SSSR count). The van der Waals surface area contributed by atoms with E-state index < -0.39 is 10.5 Å². The Morgan fingerprint density at radius 1 is 1.00 bits per heavy atom. The van der Waals surface area contributed by atoms with Gasteiger partial charge < -0.3 is 9.64 Å². The van der Waals surface area contributed by atoms with Gasteiger partial charge in [-0.25, -0.2) is 0 Å². The van der Waals surface area contributed by atoms with Crippen LogP contribution in [0.5, 0.6) is 0 Å². The van der Waals surface area contributed by atoms with Crippen LogP contribution in [0, 0.1) is 10.1 Å². The van der Waals surface area contributed by atoms with Crippen LogP contribution in [0.3, 0.4) is 0 Å². The quantitative estimate of drug-likeness (QED) is 0.308. The maximum absolute atomic E-state index is 13.6. The Morgan fingerprint density at radius 2 is 1.77 bits per heavy atom. The van der Waals surface area contributed by atoms with Crippen molar-refractivity contribution in [1.82, 2.24) is 9.78 Å². The summed E-state index contributed by atoms with van der Waals surface area (Å²) in [5.74, 6) is 0. The van der Waals surface area contributed by atoms with Crippen molar-refractivity contribution in [2.75, 3.05) is 31.2 Å². The first-order valence-corrected chi connectivity index (χ1v) is 11.4. The van der Waals surface area contributed by atoms with Gasteiger partial charge in [0.15, 0.2) is 0 Å². The Bertz CT molecular complexity index is 1500. The van der Waals surface area contributed by atoms with Gasteiger partial charge >= 0.3 is 0 Å². The van der Waals surface area contributed by atoms with Gasteiger partial charge in [-0.05, 0) is 36.8 Å². The Balaban J connectivity index is 1.77. The Labute approximate surface area is 201 Å². The molecular weight excluding hydrogens is 444 g/mol. The Morgan fingerprint density at radius 3 is 2.51 bits per heavy atom. The van der Waals surface area contributed by atoms with E-state index in [1.54, 1.807) is 24.3 Å². The van der Waals surface area contributed by atoms with Gasteiger partial charge in [0, 0.05) is 35.8 Å². The molecule has 2 heterocycles. The highest BCUT2D eigenvalue weighted by molar-refractivity contribution is 5.94. The molecule has 176 valence electrons. The lowest BCUT2D eigenvalue weighted by Crippen LogP contribution is -2.36. The predicted octanol–water partition coefficient (Wildman–Crippen LogP) is 4.83. The number of hydrogen-bond donors (Lipinski definition) is 0. The van der Waals surface area contributed by atoms with E-state index in [4.69, 9.17) is 9.84 Å². The van der Waals surface area contributed by atoms with Crippen molar-refractivity contribution in [3.63, 3.8) is 0 Å². The van der Waals surface area contributed by atoms with Crippen molar-refractivity contribution in [3.05, 3.63) is 98.8 Å². The van der Waals surface area contributed by atoms with E-state index in [2.05, 4.69) is 4.90 Å². The first-order chi connectivity index (χ1) is 17.1. The molecule has 1 saturated heterocycles. The van der Waals surface area contributed by atoms with Crippen LogP contribution in [0.2, 0.25) is 0 Å². The van der Waals surface area contributed by atoms with E-state index in [1.807, 2.05) is 55.5 Å². The maximum Gasteiger partial charge on any atom is 0.295 e. The zero-order chi connectivity index (χ0) is 24.4. The molecule has 1 aromatic heterocycles. The molecule has 0 aliphatic carbocycles. The lowest BCUT2D eigenvalue weighted by molar-refractivity contribution is -0.384. The zero-order valence-corrected chi connectivity index (χ0v) is 19.3. The standard InChI is InChI=1S/C27H24N4O4/c1-2-6-19-7-5-8-20(17-19)26-22-9-3-4-10-23(22)27(32)30(28-26)25-18-21(11-12-24(25)31(33)34)29-13-15-35-16-14-29/h2-12,17-18H,13-16H2,1H3/b6-2+. The highest BCUT2D eigenvalue weighted by Crippen LogP contribution is 2.31. The molecule has 3 aromatic carbocycles. The topological polar surface area (TPSA) is 90.5 Å². The molecule has 0 unspecified atom stereocenters. The van der Waals surface area contributed by atoms with Gasteiger partial charge in [0.1, 0.15) is 5.69 Å². The lowest BCUT2D eigenvalue weighted by atomic mass is 10.0. The molecular formula is C27H24N4O4. The van der Waals surface area contributed by atoms with Gasteiger partial charge in [-0.2, -0.15) is 9.78 Å². The third kappa shape index (κ3) is 4.31. The van der Waals surface area contributed by atoms with Gasteiger partial charge in [0.25, 0.3) is 11.2 Å². The molecule has 0 saturated carbocycles. The predicted molar refractivity (Wildman–Crippen MR) is 137 cm³/mol. The number of nitro benzene ring substituents is 1. The lowest BCUT2D eigenvalue weighted by Gasteiger charge is -2.29. The van der Waals surface area contributed by atoms with Crippen LogP contribution >= 0.6 is 0 Å². The normalized spacial score (nSPS) is 14.0. The molecule has 8 nitrogen and oxygen atoms in total. The first kappa shape index (κ1) is 22.5. The van der Waals surface area contributed by atoms with Crippen molar-refractivity contribution in [3.8, 4) is 16.9 Å². The Kier molecular flexibility index (Phi) is 6.12. The molecule has 0 spiro atoms. The summed E-state index contributed by atoms with van der Waals surface area (Å²) in [5, 5.41) is 17.8. The summed E-state index contributed by atoms with van der Waals surface area (Å²) in [5.41, 5.74) is 2.73. The molecule has 0 bridgehead atoms. The van der Waals surface area contributed by atoms with Crippen LogP contribution in [0.15, 0.2) is 77.6 Å². The number of nitro groups is 1. The minimum absolute atomic E-state index is 0.139. The van der Waals surface area contributed by atoms with E-state index in [-0.39, 0.29) is 11.4 Å². The molecule has 35 heavy (non-hydrogen) atoms. The van der Waals surface area contributed by atoms with Crippen molar-refractivity contribution in [1.29, 1.82) is 0 Å². The Hall–Kier alpha value is -4.30. The van der Waals surface area contributed by atoms with E-state index >= 15 is 0 Å². The van der Waals surface area contributed by atoms with E-state index in [9.17, 15) is 14.9 Å². The molecule has 1 fully saturated rings. The number of aromatic nitrogens is 2. The largest absolute Gasteiger partial charge is 0.378 e. The number of hydrogen-bond acceptors (Lipinski definition) is 6. The molecule has 1 aliphatic heterocycles. The molecule has 8 heteroatoms. The van der Waals surface area contributed by atoms with Crippen molar-refractivity contribution < 1.29 is 9.66 Å². The average molecular weight is 469 g/mol. The van der Waals surface area contributed by atoms with Crippen LogP contribution < -0.4 is 10.5 Å². The molecule has 0 N–H and O–H groups in total. The minimum atomic E-state index is -0.478. The second-order valence-corrected chi connectivity index (χ2v) is 8.27. The van der Waals surface area contributed by atoms with Gasteiger partial charge in [0.2, 0.25) is 0 Å². The molecule has 0 radical (unpaired) electrons. The number of rotatable bonds is 5. The summed E-state index contributed by atoms with van der Waals surface area (Å²) in [6.07, 6.45) is 3.93. The van der Waals surface area contributed by atoms with Gasteiger partial charge in [-0.3, -0.25) is 14.9 Å². The van der Waals surface area contributed by atoms with Crippen LogP contribution in [0.4, 0.5) is 11.4 Å². The van der Waals surface area contributed by atoms with Crippen molar-refractivity contribution in [2.45, 2.75) is 6.92 Å².